The first kappa shape index (κ1) is 19.2. The van der Waals surface area contributed by atoms with Crippen molar-refractivity contribution in [2.24, 2.45) is 10.9 Å². The number of halogens is 2. The number of hydrogen-bond donors (Lipinski definition) is 2. The molecule has 2 rings (SSSR count). The predicted octanol–water partition coefficient (Wildman–Crippen LogP) is 2.93. The van der Waals surface area contributed by atoms with Crippen LogP contribution in [-0.2, 0) is 11.3 Å². The van der Waals surface area contributed by atoms with Crippen molar-refractivity contribution in [3.63, 3.8) is 0 Å². The number of hydrogen-bond acceptors (Lipinski definition) is 2. The van der Waals surface area contributed by atoms with Crippen molar-refractivity contribution in [2.75, 3.05) is 26.3 Å². The Bertz CT molecular complexity index is 466. The smallest absolute Gasteiger partial charge is 0.191 e. The molecular formula is C16H25FIN3O. The van der Waals surface area contributed by atoms with E-state index in [2.05, 4.69) is 15.6 Å². The van der Waals surface area contributed by atoms with E-state index >= 15 is 0 Å². The van der Waals surface area contributed by atoms with E-state index in [9.17, 15) is 4.39 Å². The zero-order valence-corrected chi connectivity index (χ0v) is 15.3. The van der Waals surface area contributed by atoms with E-state index in [1.807, 2.05) is 13.0 Å². The van der Waals surface area contributed by atoms with E-state index in [1.165, 1.54) is 18.9 Å². The van der Waals surface area contributed by atoms with Crippen LogP contribution < -0.4 is 10.6 Å². The third kappa shape index (κ3) is 7.40. The summed E-state index contributed by atoms with van der Waals surface area (Å²) < 4.78 is 19.1. The van der Waals surface area contributed by atoms with Crippen LogP contribution in [0.2, 0.25) is 0 Å². The van der Waals surface area contributed by atoms with E-state index < -0.39 is 0 Å². The van der Waals surface area contributed by atoms with Gasteiger partial charge in [-0.3, -0.25) is 0 Å². The van der Waals surface area contributed by atoms with Crippen molar-refractivity contribution in [3.8, 4) is 0 Å². The fraction of sp³-hybridized carbons (Fsp3) is 0.562. The van der Waals surface area contributed by atoms with Crippen LogP contribution in [0, 0.1) is 11.7 Å². The maximum absolute atomic E-state index is 13.5. The number of nitrogens with zero attached hydrogens (tertiary/aromatic N) is 1. The van der Waals surface area contributed by atoms with Crippen molar-refractivity contribution in [1.82, 2.24) is 10.6 Å². The van der Waals surface area contributed by atoms with Crippen molar-refractivity contribution in [3.05, 3.63) is 35.6 Å². The third-order valence-electron chi connectivity index (χ3n) is 3.30. The lowest BCUT2D eigenvalue weighted by Gasteiger charge is -2.11. The van der Waals surface area contributed by atoms with E-state index in [4.69, 9.17) is 4.74 Å². The molecule has 2 N–H and O–H groups in total. The zero-order valence-electron chi connectivity index (χ0n) is 13.0. The molecule has 0 unspecified atom stereocenters. The number of nitrogens with one attached hydrogen (secondary N) is 2. The fourth-order valence-electron chi connectivity index (χ4n) is 1.91. The number of guanidine groups is 1. The number of aliphatic imine (C=N–C) groups is 1. The van der Waals surface area contributed by atoms with Gasteiger partial charge in [-0.2, -0.15) is 0 Å². The number of ether oxygens (including phenoxy) is 1. The number of rotatable bonds is 8. The lowest BCUT2D eigenvalue weighted by molar-refractivity contribution is 0.129. The largest absolute Gasteiger partial charge is 0.379 e. The van der Waals surface area contributed by atoms with Crippen molar-refractivity contribution in [2.45, 2.75) is 26.3 Å². The Balaban J connectivity index is 0.00000242. The molecule has 0 aliphatic heterocycles. The van der Waals surface area contributed by atoms with Gasteiger partial charge in [0.05, 0.1) is 13.2 Å². The molecule has 0 amide bonds. The highest BCUT2D eigenvalue weighted by molar-refractivity contribution is 14.0. The second kappa shape index (κ2) is 10.8. The summed E-state index contributed by atoms with van der Waals surface area (Å²) >= 11 is 0. The van der Waals surface area contributed by atoms with E-state index in [-0.39, 0.29) is 29.8 Å². The second-order valence-electron chi connectivity index (χ2n) is 5.23. The maximum Gasteiger partial charge on any atom is 0.191 e. The Morgan fingerprint density at radius 1 is 1.32 bits per heavy atom. The molecule has 0 radical (unpaired) electrons. The molecule has 4 nitrogen and oxygen atoms in total. The summed E-state index contributed by atoms with van der Waals surface area (Å²) in [6.45, 7) is 5.34. The molecule has 1 aliphatic rings. The molecule has 0 saturated heterocycles. The summed E-state index contributed by atoms with van der Waals surface area (Å²) in [5.74, 6) is 1.26. The van der Waals surface area contributed by atoms with Crippen LogP contribution >= 0.6 is 24.0 Å². The highest BCUT2D eigenvalue weighted by atomic mass is 127. The van der Waals surface area contributed by atoms with Gasteiger partial charge in [-0.1, -0.05) is 18.2 Å². The van der Waals surface area contributed by atoms with Gasteiger partial charge < -0.3 is 15.4 Å². The molecule has 1 saturated carbocycles. The molecule has 1 aromatic rings. The van der Waals surface area contributed by atoms with Crippen molar-refractivity contribution >= 4 is 29.9 Å². The van der Waals surface area contributed by atoms with E-state index in [1.54, 1.807) is 12.1 Å². The fourth-order valence-corrected chi connectivity index (χ4v) is 1.91. The third-order valence-corrected chi connectivity index (χ3v) is 3.30. The minimum absolute atomic E-state index is 0. The molecule has 0 atom stereocenters. The topological polar surface area (TPSA) is 45.7 Å². The van der Waals surface area contributed by atoms with Gasteiger partial charge in [0.2, 0.25) is 0 Å². The van der Waals surface area contributed by atoms with E-state index in [0.29, 0.717) is 31.2 Å². The lowest BCUT2D eigenvalue weighted by atomic mass is 10.2. The maximum atomic E-state index is 13.5. The Labute approximate surface area is 148 Å². The van der Waals surface area contributed by atoms with Gasteiger partial charge in [0, 0.05) is 25.3 Å². The first-order valence-electron chi connectivity index (χ1n) is 7.63. The Morgan fingerprint density at radius 3 is 2.77 bits per heavy atom. The van der Waals surface area contributed by atoms with Gasteiger partial charge >= 0.3 is 0 Å². The monoisotopic (exact) mass is 421 g/mol. The van der Waals surface area contributed by atoms with Crippen LogP contribution in [-0.4, -0.2) is 32.3 Å². The molecule has 0 aromatic heterocycles. The summed E-state index contributed by atoms with van der Waals surface area (Å²) in [5.41, 5.74) is 0.597. The second-order valence-corrected chi connectivity index (χ2v) is 5.23. The van der Waals surface area contributed by atoms with Crippen LogP contribution in [0.4, 0.5) is 4.39 Å². The molecule has 1 aliphatic carbocycles. The zero-order chi connectivity index (χ0) is 14.9. The average molecular weight is 421 g/mol. The Morgan fingerprint density at radius 2 is 2.09 bits per heavy atom. The summed E-state index contributed by atoms with van der Waals surface area (Å²) in [4.78, 5) is 4.39. The Kier molecular flexibility index (Phi) is 9.38. The molecule has 1 aromatic carbocycles. The first-order valence-corrected chi connectivity index (χ1v) is 7.63. The van der Waals surface area contributed by atoms with Gasteiger partial charge in [0.25, 0.3) is 0 Å². The van der Waals surface area contributed by atoms with Gasteiger partial charge in [-0.05, 0) is 31.7 Å². The quantitative estimate of drug-likeness (QED) is 0.294. The normalized spacial score (nSPS) is 14.4. The predicted molar refractivity (Wildman–Crippen MR) is 98.2 cm³/mol. The molecule has 124 valence electrons. The van der Waals surface area contributed by atoms with Crippen molar-refractivity contribution < 1.29 is 9.13 Å². The lowest BCUT2D eigenvalue weighted by Crippen LogP contribution is -2.39. The molecule has 0 heterocycles. The van der Waals surface area contributed by atoms with Crippen molar-refractivity contribution in [1.29, 1.82) is 0 Å². The standard InChI is InChI=1S/C16H24FN3O.HI/c1-2-18-16(19-9-10-21-12-13-7-8-13)20-11-14-5-3-4-6-15(14)17;/h3-6,13H,2,7-12H2,1H3,(H2,18,19,20);1H. The summed E-state index contributed by atoms with van der Waals surface area (Å²) in [6, 6.07) is 6.71. The summed E-state index contributed by atoms with van der Waals surface area (Å²) in [5, 5.41) is 6.34. The molecule has 6 heteroatoms. The SMILES string of the molecule is CCNC(=NCc1ccccc1F)NCCOCC1CC1.I. The van der Waals surface area contributed by atoms with Crippen LogP contribution in [0.5, 0.6) is 0 Å². The van der Waals surface area contributed by atoms with Crippen LogP contribution in [0.3, 0.4) is 0 Å². The van der Waals surface area contributed by atoms with Gasteiger partial charge in [0.1, 0.15) is 5.82 Å². The van der Waals surface area contributed by atoms with Gasteiger partial charge in [-0.25, -0.2) is 9.38 Å². The molecule has 1 fully saturated rings. The highest BCUT2D eigenvalue weighted by Gasteiger charge is 2.20. The van der Waals surface area contributed by atoms with E-state index in [0.717, 1.165) is 19.1 Å². The molecule has 0 bridgehead atoms. The highest BCUT2D eigenvalue weighted by Crippen LogP contribution is 2.28. The van der Waals surface area contributed by atoms with Gasteiger partial charge in [0.15, 0.2) is 5.96 Å². The summed E-state index contributed by atoms with van der Waals surface area (Å²) in [7, 11) is 0. The minimum Gasteiger partial charge on any atom is -0.379 e. The summed E-state index contributed by atoms with van der Waals surface area (Å²) in [6.07, 6.45) is 2.61. The number of benzene rings is 1. The van der Waals surface area contributed by atoms with Crippen LogP contribution in [0.15, 0.2) is 29.3 Å². The minimum atomic E-state index is -0.218. The molecule has 22 heavy (non-hydrogen) atoms. The first-order chi connectivity index (χ1) is 10.3. The molecule has 0 spiro atoms. The van der Waals surface area contributed by atoms with Gasteiger partial charge in [-0.15, -0.1) is 24.0 Å². The van der Waals surface area contributed by atoms with Crippen LogP contribution in [0.25, 0.3) is 0 Å². The average Bonchev–Trinajstić information content (AvgIpc) is 3.30. The molecular weight excluding hydrogens is 396 g/mol. The Hall–Kier alpha value is -0.890. The van der Waals surface area contributed by atoms with Crippen LogP contribution in [0.1, 0.15) is 25.3 Å².